The summed E-state index contributed by atoms with van der Waals surface area (Å²) in [5.41, 5.74) is -0.391. The van der Waals surface area contributed by atoms with E-state index in [1.54, 1.807) is 0 Å². The van der Waals surface area contributed by atoms with E-state index in [9.17, 15) is 22.4 Å². The Kier molecular flexibility index (Phi) is 3.13. The van der Waals surface area contributed by atoms with Gasteiger partial charge in [-0.3, -0.25) is 4.79 Å². The number of carbonyl (C=O) groups is 1. The van der Waals surface area contributed by atoms with Gasteiger partial charge in [0.05, 0.1) is 5.56 Å². The SMILES string of the molecule is O=C(Cl)c1cnc(F)c(OC(F)(F)F)c1. The van der Waals surface area contributed by atoms with E-state index in [4.69, 9.17) is 11.6 Å². The van der Waals surface area contributed by atoms with Crippen molar-refractivity contribution in [3.8, 4) is 5.75 Å². The number of carbonyl (C=O) groups excluding carboxylic acids is 1. The van der Waals surface area contributed by atoms with Gasteiger partial charge in [0.25, 0.3) is 11.2 Å². The van der Waals surface area contributed by atoms with Gasteiger partial charge in [-0.1, -0.05) is 0 Å². The fraction of sp³-hybridized carbons (Fsp3) is 0.143. The summed E-state index contributed by atoms with van der Waals surface area (Å²) < 4.78 is 51.1. The van der Waals surface area contributed by atoms with Crippen LogP contribution in [0.2, 0.25) is 0 Å². The first-order valence-corrected chi connectivity index (χ1v) is 3.78. The molecule has 82 valence electrons. The van der Waals surface area contributed by atoms with Gasteiger partial charge in [0.1, 0.15) is 0 Å². The third kappa shape index (κ3) is 3.35. The number of aromatic nitrogens is 1. The number of hydrogen-bond acceptors (Lipinski definition) is 3. The van der Waals surface area contributed by atoms with Gasteiger partial charge < -0.3 is 4.74 Å². The van der Waals surface area contributed by atoms with Crippen molar-refractivity contribution in [2.75, 3.05) is 0 Å². The summed E-state index contributed by atoms with van der Waals surface area (Å²) in [6.07, 6.45) is -4.36. The van der Waals surface area contributed by atoms with Crippen LogP contribution in [0.25, 0.3) is 0 Å². The van der Waals surface area contributed by atoms with Crippen LogP contribution < -0.4 is 4.74 Å². The van der Waals surface area contributed by atoms with Crippen molar-refractivity contribution in [2.24, 2.45) is 0 Å². The van der Waals surface area contributed by atoms with Gasteiger partial charge in [-0.05, 0) is 17.7 Å². The molecule has 0 atom stereocenters. The smallest absolute Gasteiger partial charge is 0.401 e. The Labute approximate surface area is 85.6 Å². The minimum atomic E-state index is -5.06. The van der Waals surface area contributed by atoms with Crippen molar-refractivity contribution in [1.82, 2.24) is 4.98 Å². The first-order valence-electron chi connectivity index (χ1n) is 3.41. The Morgan fingerprint density at radius 2 is 2.07 bits per heavy atom. The zero-order valence-corrected chi connectivity index (χ0v) is 7.56. The van der Waals surface area contributed by atoms with Gasteiger partial charge in [-0.2, -0.15) is 4.39 Å². The van der Waals surface area contributed by atoms with Crippen LogP contribution in [0.4, 0.5) is 17.6 Å². The van der Waals surface area contributed by atoms with Gasteiger partial charge in [0.15, 0.2) is 5.75 Å². The van der Waals surface area contributed by atoms with E-state index in [2.05, 4.69) is 9.72 Å². The van der Waals surface area contributed by atoms with E-state index in [1.807, 2.05) is 0 Å². The summed E-state index contributed by atoms with van der Waals surface area (Å²) in [7, 11) is 0. The molecule has 0 spiro atoms. The molecule has 1 rings (SSSR count). The molecule has 0 N–H and O–H groups in total. The Morgan fingerprint density at radius 3 is 2.53 bits per heavy atom. The lowest BCUT2D eigenvalue weighted by Gasteiger charge is -2.09. The highest BCUT2D eigenvalue weighted by atomic mass is 35.5. The Morgan fingerprint density at radius 1 is 1.47 bits per heavy atom. The molecule has 0 aliphatic heterocycles. The first kappa shape index (κ1) is 11.7. The molecule has 1 aromatic rings. The van der Waals surface area contributed by atoms with Gasteiger partial charge >= 0.3 is 6.36 Å². The minimum absolute atomic E-state index is 0.391. The molecule has 0 radical (unpaired) electrons. The Balaban J connectivity index is 3.06. The topological polar surface area (TPSA) is 39.2 Å². The third-order valence-corrected chi connectivity index (χ3v) is 1.48. The number of hydrogen-bond donors (Lipinski definition) is 0. The summed E-state index contributed by atoms with van der Waals surface area (Å²) in [5.74, 6) is -2.68. The van der Waals surface area contributed by atoms with E-state index in [1.165, 1.54) is 0 Å². The van der Waals surface area contributed by atoms with E-state index in [0.717, 1.165) is 0 Å². The zero-order valence-electron chi connectivity index (χ0n) is 6.81. The number of pyridine rings is 1. The van der Waals surface area contributed by atoms with Crippen LogP contribution in [0.15, 0.2) is 12.3 Å². The van der Waals surface area contributed by atoms with Crippen molar-refractivity contribution in [3.05, 3.63) is 23.8 Å². The molecule has 1 heterocycles. The summed E-state index contributed by atoms with van der Waals surface area (Å²) in [6.45, 7) is 0. The van der Waals surface area contributed by atoms with E-state index < -0.39 is 28.9 Å². The second-order valence-electron chi connectivity index (χ2n) is 2.33. The van der Waals surface area contributed by atoms with Crippen molar-refractivity contribution < 1.29 is 27.1 Å². The van der Waals surface area contributed by atoms with Crippen LogP contribution in [0.1, 0.15) is 10.4 Å². The molecule has 0 fully saturated rings. The van der Waals surface area contributed by atoms with Crippen molar-refractivity contribution in [3.63, 3.8) is 0 Å². The predicted octanol–water partition coefficient (Wildman–Crippen LogP) is 2.50. The number of halogens is 5. The van der Waals surface area contributed by atoms with Crippen LogP contribution in [0, 0.1) is 5.95 Å². The summed E-state index contributed by atoms with van der Waals surface area (Å²) >= 11 is 4.96. The molecule has 0 saturated carbocycles. The molecule has 8 heteroatoms. The highest BCUT2D eigenvalue weighted by Crippen LogP contribution is 2.25. The predicted molar refractivity (Wildman–Crippen MR) is 41.1 cm³/mol. The first-order chi connectivity index (χ1) is 6.79. The standard InChI is InChI=1S/C7H2ClF4NO2/c8-5(14)3-1-4(6(9)13-2-3)15-7(10,11)12/h1-2H. The number of ether oxygens (including phenoxy) is 1. The summed E-state index contributed by atoms with van der Waals surface area (Å²) in [6, 6.07) is 0.519. The zero-order chi connectivity index (χ0) is 11.6. The van der Waals surface area contributed by atoms with Crippen molar-refractivity contribution in [1.29, 1.82) is 0 Å². The molecule has 0 bridgehead atoms. The highest BCUT2D eigenvalue weighted by molar-refractivity contribution is 6.67. The number of rotatable bonds is 2. The maximum Gasteiger partial charge on any atom is 0.573 e. The van der Waals surface area contributed by atoms with Crippen molar-refractivity contribution >= 4 is 16.8 Å². The molecule has 1 aromatic heterocycles. The van der Waals surface area contributed by atoms with E-state index >= 15 is 0 Å². The summed E-state index contributed by atoms with van der Waals surface area (Å²) in [4.78, 5) is 13.4. The molecule has 0 aliphatic rings. The average Bonchev–Trinajstić information content (AvgIpc) is 2.06. The average molecular weight is 244 g/mol. The lowest BCUT2D eigenvalue weighted by atomic mass is 10.3. The molecule has 15 heavy (non-hydrogen) atoms. The quantitative estimate of drug-likeness (QED) is 0.455. The van der Waals surface area contributed by atoms with Gasteiger partial charge in [-0.15, -0.1) is 13.2 Å². The normalized spacial score (nSPS) is 11.3. The fourth-order valence-corrected chi connectivity index (χ4v) is 0.835. The lowest BCUT2D eigenvalue weighted by Crippen LogP contribution is -2.18. The molecule has 0 saturated heterocycles. The molecule has 0 unspecified atom stereocenters. The minimum Gasteiger partial charge on any atom is -0.401 e. The largest absolute Gasteiger partial charge is 0.573 e. The second-order valence-corrected chi connectivity index (χ2v) is 2.68. The van der Waals surface area contributed by atoms with Gasteiger partial charge in [0.2, 0.25) is 0 Å². The summed E-state index contributed by atoms with van der Waals surface area (Å²) in [5, 5.41) is -1.06. The number of nitrogens with zero attached hydrogens (tertiary/aromatic N) is 1. The Hall–Kier alpha value is -1.37. The van der Waals surface area contributed by atoms with Crippen LogP contribution in [0.3, 0.4) is 0 Å². The third-order valence-electron chi connectivity index (χ3n) is 1.26. The van der Waals surface area contributed by atoms with E-state index in [0.29, 0.717) is 12.3 Å². The fourth-order valence-electron chi connectivity index (χ4n) is 0.732. The van der Waals surface area contributed by atoms with E-state index in [-0.39, 0.29) is 0 Å². The number of alkyl halides is 3. The molecule has 3 nitrogen and oxygen atoms in total. The monoisotopic (exact) mass is 243 g/mol. The molecule has 0 amide bonds. The van der Waals surface area contributed by atoms with Gasteiger partial charge in [0, 0.05) is 6.20 Å². The van der Waals surface area contributed by atoms with Crippen LogP contribution >= 0.6 is 11.6 Å². The molecular formula is C7H2ClF4NO2. The molecule has 0 aliphatic carbocycles. The molecular weight excluding hydrogens is 242 g/mol. The maximum absolute atomic E-state index is 12.7. The van der Waals surface area contributed by atoms with Crippen LogP contribution in [-0.4, -0.2) is 16.6 Å². The highest BCUT2D eigenvalue weighted by Gasteiger charge is 2.33. The van der Waals surface area contributed by atoms with Gasteiger partial charge in [-0.25, -0.2) is 4.98 Å². The second kappa shape index (κ2) is 4.01. The van der Waals surface area contributed by atoms with Crippen LogP contribution in [-0.2, 0) is 0 Å². The van der Waals surface area contributed by atoms with Crippen LogP contribution in [0.5, 0.6) is 5.75 Å². The maximum atomic E-state index is 12.7. The van der Waals surface area contributed by atoms with Crippen molar-refractivity contribution in [2.45, 2.75) is 6.36 Å². The lowest BCUT2D eigenvalue weighted by molar-refractivity contribution is -0.275. The Bertz CT molecular complexity index is 393. The molecule has 0 aromatic carbocycles.